The highest BCUT2D eigenvalue weighted by atomic mass is 16.5. The number of ether oxygens (including phenoxy) is 2. The highest BCUT2D eigenvalue weighted by molar-refractivity contribution is 6.07. The SMILES string of the molecule is COCCCCCN1CCN(C(=O)c2cc3c(cc2C)[nH]c(=O)c2cnn(C4CCOCC4)c23)CC1. The number of rotatable bonds is 8. The molecule has 0 bridgehead atoms. The Balaban J connectivity index is 1.37. The van der Waals surface area contributed by atoms with E-state index in [9.17, 15) is 9.59 Å². The Bertz CT molecular complexity index is 1270. The number of aryl methyl sites for hydroxylation is 1. The minimum absolute atomic E-state index is 0.0608. The van der Waals surface area contributed by atoms with E-state index >= 15 is 0 Å². The number of nitrogens with one attached hydrogen (secondary N) is 1. The number of carbonyl (C=O) groups excluding carboxylic acids is 1. The largest absolute Gasteiger partial charge is 0.385 e. The predicted octanol–water partition coefficient (Wildman–Crippen LogP) is 3.11. The van der Waals surface area contributed by atoms with E-state index in [1.807, 2.05) is 28.6 Å². The summed E-state index contributed by atoms with van der Waals surface area (Å²) in [5.74, 6) is 0.0608. The van der Waals surface area contributed by atoms with Crippen molar-refractivity contribution in [3.63, 3.8) is 0 Å². The van der Waals surface area contributed by atoms with Gasteiger partial charge in [0.05, 0.1) is 28.7 Å². The van der Waals surface area contributed by atoms with Crippen LogP contribution in [0.1, 0.15) is 54.1 Å². The Hall–Kier alpha value is -2.75. The van der Waals surface area contributed by atoms with Gasteiger partial charge in [0.1, 0.15) is 0 Å². The number of unbranched alkanes of at least 4 members (excludes halogenated alkanes) is 2. The number of methoxy groups -OCH3 is 1. The molecule has 0 radical (unpaired) electrons. The van der Waals surface area contributed by atoms with Crippen molar-refractivity contribution in [2.24, 2.45) is 0 Å². The molecule has 2 aliphatic rings. The van der Waals surface area contributed by atoms with E-state index in [2.05, 4.69) is 15.0 Å². The molecule has 1 amide bonds. The molecule has 3 aromatic rings. The van der Waals surface area contributed by atoms with Gasteiger partial charge >= 0.3 is 0 Å². The number of piperazine rings is 1. The summed E-state index contributed by atoms with van der Waals surface area (Å²) < 4.78 is 12.6. The molecule has 0 aliphatic carbocycles. The molecule has 0 atom stereocenters. The molecule has 9 heteroatoms. The highest BCUT2D eigenvalue weighted by Gasteiger charge is 2.25. The van der Waals surface area contributed by atoms with E-state index in [4.69, 9.17) is 9.47 Å². The molecule has 0 unspecified atom stereocenters. The number of aromatic nitrogens is 3. The molecular formula is C27H37N5O4. The first-order valence-electron chi connectivity index (χ1n) is 13.2. The number of carbonyl (C=O) groups is 1. The molecule has 4 heterocycles. The topological polar surface area (TPSA) is 92.7 Å². The van der Waals surface area contributed by atoms with Gasteiger partial charge in [-0.2, -0.15) is 5.10 Å². The van der Waals surface area contributed by atoms with Crippen LogP contribution in [-0.2, 0) is 9.47 Å². The summed E-state index contributed by atoms with van der Waals surface area (Å²) in [4.78, 5) is 33.8. The summed E-state index contributed by atoms with van der Waals surface area (Å²) in [5.41, 5.74) is 2.98. The van der Waals surface area contributed by atoms with Crippen LogP contribution in [0, 0.1) is 6.92 Å². The second-order valence-corrected chi connectivity index (χ2v) is 10.0. The summed E-state index contributed by atoms with van der Waals surface area (Å²) in [6.07, 6.45) is 6.81. The number of pyridine rings is 1. The molecule has 2 aliphatic heterocycles. The Kier molecular flexibility index (Phi) is 7.69. The first kappa shape index (κ1) is 24.9. The molecule has 2 fully saturated rings. The summed E-state index contributed by atoms with van der Waals surface area (Å²) in [6.45, 7) is 8.48. The van der Waals surface area contributed by atoms with Crippen molar-refractivity contribution in [3.05, 3.63) is 39.8 Å². The zero-order valence-electron chi connectivity index (χ0n) is 21.4. The lowest BCUT2D eigenvalue weighted by molar-refractivity contribution is 0.0633. The van der Waals surface area contributed by atoms with Gasteiger partial charge in [-0.3, -0.25) is 19.2 Å². The average molecular weight is 496 g/mol. The number of benzene rings is 1. The third kappa shape index (κ3) is 5.05. The second kappa shape index (κ2) is 11.1. The van der Waals surface area contributed by atoms with E-state index in [1.165, 1.54) is 6.42 Å². The monoisotopic (exact) mass is 495 g/mol. The number of aromatic amines is 1. The quantitative estimate of drug-likeness (QED) is 0.483. The number of amides is 1. The smallest absolute Gasteiger partial charge is 0.259 e. The fourth-order valence-electron chi connectivity index (χ4n) is 5.53. The zero-order valence-corrected chi connectivity index (χ0v) is 21.4. The normalized spacial score (nSPS) is 17.9. The van der Waals surface area contributed by atoms with Crippen molar-refractivity contribution >= 4 is 27.7 Å². The first-order chi connectivity index (χ1) is 17.6. The molecule has 2 saturated heterocycles. The van der Waals surface area contributed by atoms with Gasteiger partial charge < -0.3 is 19.4 Å². The minimum atomic E-state index is -0.146. The average Bonchev–Trinajstić information content (AvgIpc) is 3.35. The molecule has 1 aromatic carbocycles. The van der Waals surface area contributed by atoms with Crippen LogP contribution in [0.2, 0.25) is 0 Å². The fraction of sp³-hybridized carbons (Fsp3) is 0.593. The lowest BCUT2D eigenvalue weighted by Gasteiger charge is -2.35. The van der Waals surface area contributed by atoms with Crippen LogP contribution >= 0.6 is 0 Å². The van der Waals surface area contributed by atoms with Crippen molar-refractivity contribution in [1.29, 1.82) is 0 Å². The maximum absolute atomic E-state index is 13.6. The first-order valence-corrected chi connectivity index (χ1v) is 13.2. The van der Waals surface area contributed by atoms with E-state index in [1.54, 1.807) is 13.3 Å². The Morgan fingerprint density at radius 3 is 2.64 bits per heavy atom. The Morgan fingerprint density at radius 2 is 1.89 bits per heavy atom. The maximum Gasteiger partial charge on any atom is 0.259 e. The summed E-state index contributed by atoms with van der Waals surface area (Å²) in [6, 6.07) is 4.08. The minimum Gasteiger partial charge on any atom is -0.385 e. The molecule has 9 nitrogen and oxygen atoms in total. The predicted molar refractivity (Wildman–Crippen MR) is 140 cm³/mol. The lowest BCUT2D eigenvalue weighted by Crippen LogP contribution is -2.49. The van der Waals surface area contributed by atoms with Crippen molar-refractivity contribution in [2.75, 3.05) is 59.7 Å². The van der Waals surface area contributed by atoms with Gasteiger partial charge in [-0.25, -0.2) is 0 Å². The van der Waals surface area contributed by atoms with Crippen LogP contribution < -0.4 is 5.56 Å². The number of fused-ring (bicyclic) bond motifs is 3. The standard InChI is InChI=1S/C27H37N5O4/c1-19-16-24-22(25-23(26(33)29-24)18-28-32(25)20-6-14-36-15-7-20)17-21(19)27(34)31-11-9-30(10-12-31)8-4-3-5-13-35-2/h16-18,20H,3-15H2,1-2H3,(H,29,33). The molecule has 36 heavy (non-hydrogen) atoms. The molecular weight excluding hydrogens is 458 g/mol. The maximum atomic E-state index is 13.6. The van der Waals surface area contributed by atoms with Crippen molar-refractivity contribution in [3.8, 4) is 0 Å². The van der Waals surface area contributed by atoms with Crippen LogP contribution in [0.15, 0.2) is 23.1 Å². The van der Waals surface area contributed by atoms with Crippen LogP contribution in [0.25, 0.3) is 21.8 Å². The van der Waals surface area contributed by atoms with Gasteiger partial charge in [0.2, 0.25) is 0 Å². The number of hydrogen-bond donors (Lipinski definition) is 1. The van der Waals surface area contributed by atoms with E-state index in [0.717, 1.165) is 87.0 Å². The molecule has 2 aromatic heterocycles. The van der Waals surface area contributed by atoms with Crippen LogP contribution in [-0.4, -0.2) is 90.1 Å². The van der Waals surface area contributed by atoms with Gasteiger partial charge in [0, 0.05) is 64.1 Å². The van der Waals surface area contributed by atoms with Crippen LogP contribution in [0.5, 0.6) is 0 Å². The Morgan fingerprint density at radius 1 is 1.11 bits per heavy atom. The van der Waals surface area contributed by atoms with Gasteiger partial charge in [-0.15, -0.1) is 0 Å². The molecule has 1 N–H and O–H groups in total. The van der Waals surface area contributed by atoms with Gasteiger partial charge in [-0.1, -0.05) is 0 Å². The van der Waals surface area contributed by atoms with Crippen LogP contribution in [0.4, 0.5) is 0 Å². The molecule has 0 saturated carbocycles. The number of nitrogens with zero attached hydrogens (tertiary/aromatic N) is 4. The van der Waals surface area contributed by atoms with Crippen LogP contribution in [0.3, 0.4) is 0 Å². The third-order valence-electron chi connectivity index (χ3n) is 7.66. The second-order valence-electron chi connectivity index (χ2n) is 10.0. The number of H-pyrrole nitrogens is 1. The summed E-state index contributed by atoms with van der Waals surface area (Å²) in [5, 5.41) is 6.04. The van der Waals surface area contributed by atoms with E-state index in [0.29, 0.717) is 24.2 Å². The van der Waals surface area contributed by atoms with E-state index < -0.39 is 0 Å². The third-order valence-corrected chi connectivity index (χ3v) is 7.66. The number of hydrogen-bond acceptors (Lipinski definition) is 6. The molecule has 5 rings (SSSR count). The van der Waals surface area contributed by atoms with Crippen molar-refractivity contribution in [2.45, 2.75) is 45.1 Å². The molecule has 0 spiro atoms. The van der Waals surface area contributed by atoms with E-state index in [-0.39, 0.29) is 17.5 Å². The summed E-state index contributed by atoms with van der Waals surface area (Å²) >= 11 is 0. The van der Waals surface area contributed by atoms with Crippen molar-refractivity contribution < 1.29 is 14.3 Å². The molecule has 194 valence electrons. The zero-order chi connectivity index (χ0) is 25.1. The lowest BCUT2D eigenvalue weighted by atomic mass is 10.0. The van der Waals surface area contributed by atoms with Gasteiger partial charge in [-0.05, 0) is 63.3 Å². The van der Waals surface area contributed by atoms with Crippen molar-refractivity contribution in [1.82, 2.24) is 24.6 Å². The summed E-state index contributed by atoms with van der Waals surface area (Å²) in [7, 11) is 1.75. The highest BCUT2D eigenvalue weighted by Crippen LogP contribution is 2.30. The van der Waals surface area contributed by atoms with Gasteiger partial charge in [0.25, 0.3) is 11.5 Å². The van der Waals surface area contributed by atoms with Gasteiger partial charge in [0.15, 0.2) is 0 Å². The fourth-order valence-corrected chi connectivity index (χ4v) is 5.53. The Labute approximate surface area is 211 Å².